The van der Waals surface area contributed by atoms with E-state index in [0.29, 0.717) is 29.8 Å². The molecule has 1 fully saturated rings. The summed E-state index contributed by atoms with van der Waals surface area (Å²) in [6.07, 6.45) is -3.99. The number of anilines is 1. The van der Waals surface area contributed by atoms with E-state index >= 15 is 0 Å². The van der Waals surface area contributed by atoms with E-state index in [1.54, 1.807) is 18.0 Å². The second-order valence-electron chi connectivity index (χ2n) is 9.07. The number of hydrogen-bond acceptors (Lipinski definition) is 7. The number of aromatic nitrogens is 3. The minimum absolute atomic E-state index is 0.167. The van der Waals surface area contributed by atoms with Crippen molar-refractivity contribution < 1.29 is 23.1 Å². The summed E-state index contributed by atoms with van der Waals surface area (Å²) in [4.78, 5) is 37.2. The van der Waals surface area contributed by atoms with Crippen LogP contribution in [0.25, 0.3) is 11.0 Å². The Morgan fingerprint density at radius 1 is 1.19 bits per heavy atom. The van der Waals surface area contributed by atoms with Crippen molar-refractivity contribution in [2.24, 2.45) is 7.05 Å². The molecule has 0 bridgehead atoms. The highest BCUT2D eigenvalue weighted by Gasteiger charge is 2.40. The number of piperazine rings is 1. The molecule has 1 aromatic carbocycles. The number of hydrogen-bond donors (Lipinski definition) is 1. The molecule has 3 aromatic rings. The van der Waals surface area contributed by atoms with Crippen LogP contribution in [0.3, 0.4) is 0 Å². The quantitative estimate of drug-likeness (QED) is 0.551. The molecule has 0 radical (unpaired) electrons. The average Bonchev–Trinajstić information content (AvgIpc) is 2.86. The predicted molar refractivity (Wildman–Crippen MR) is 129 cm³/mol. The van der Waals surface area contributed by atoms with Crippen LogP contribution in [0.4, 0.5) is 19.0 Å². The number of alkyl halides is 3. The van der Waals surface area contributed by atoms with Crippen LogP contribution >= 0.6 is 0 Å². The summed E-state index contributed by atoms with van der Waals surface area (Å²) in [5.74, 6) is -0.862. The molecule has 194 valence electrons. The standard InChI is InChI=1S/C25H25F3N6O3/c1-4-18-13-33(22-20-19(32(3)24(37)31-22)10-9-17(11-29)30-20)14(2)12-34(18)21(23(35)36)15-5-7-16(8-6-15)25(26,27)28/h5-10,14,18,21H,4,12-13H2,1-3H3,(H,35,36)/t14-,18+,21?/m0/s1. The van der Waals surface area contributed by atoms with Gasteiger partial charge in [0.25, 0.3) is 0 Å². The molecule has 12 heteroatoms. The third-order valence-electron chi connectivity index (χ3n) is 6.80. The first kappa shape index (κ1) is 26.1. The van der Waals surface area contributed by atoms with Gasteiger partial charge >= 0.3 is 17.8 Å². The molecule has 4 rings (SSSR count). The zero-order valence-corrected chi connectivity index (χ0v) is 20.4. The Balaban J connectivity index is 1.73. The van der Waals surface area contributed by atoms with Crippen molar-refractivity contribution in [2.75, 3.05) is 18.0 Å². The molecule has 1 unspecified atom stereocenters. The number of aliphatic carboxylic acids is 1. The maximum absolute atomic E-state index is 13.0. The first-order valence-electron chi connectivity index (χ1n) is 11.7. The first-order chi connectivity index (χ1) is 17.5. The van der Waals surface area contributed by atoms with E-state index < -0.39 is 29.4 Å². The molecule has 0 amide bonds. The SMILES string of the molecule is CC[C@@H]1CN(c2nc(=O)n(C)c3ccc(C#N)nc23)[C@@H](C)CN1C(C(=O)O)c1ccc(C(F)(F)F)cc1. The Labute approximate surface area is 210 Å². The number of aryl methyl sites for hydroxylation is 1. The van der Waals surface area contributed by atoms with Gasteiger partial charge in [-0.05, 0) is 43.2 Å². The maximum Gasteiger partial charge on any atom is 0.416 e. The zero-order chi connectivity index (χ0) is 27.1. The van der Waals surface area contributed by atoms with Gasteiger partial charge in [-0.15, -0.1) is 0 Å². The van der Waals surface area contributed by atoms with Crippen molar-refractivity contribution in [3.63, 3.8) is 0 Å². The lowest BCUT2D eigenvalue weighted by Gasteiger charge is -2.47. The largest absolute Gasteiger partial charge is 0.480 e. The van der Waals surface area contributed by atoms with Gasteiger partial charge in [-0.1, -0.05) is 19.1 Å². The van der Waals surface area contributed by atoms with E-state index in [0.717, 1.165) is 12.1 Å². The lowest BCUT2D eigenvalue weighted by atomic mass is 9.97. The minimum atomic E-state index is -4.52. The number of nitriles is 1. The molecule has 1 aliphatic heterocycles. The van der Waals surface area contributed by atoms with E-state index in [2.05, 4.69) is 9.97 Å². The van der Waals surface area contributed by atoms with Gasteiger partial charge in [0.2, 0.25) is 0 Å². The summed E-state index contributed by atoms with van der Waals surface area (Å²) in [5.41, 5.74) is -0.0418. The fourth-order valence-electron chi connectivity index (χ4n) is 4.84. The Morgan fingerprint density at radius 2 is 1.86 bits per heavy atom. The topological polar surface area (TPSA) is 115 Å². The van der Waals surface area contributed by atoms with Gasteiger partial charge in [0.15, 0.2) is 5.82 Å². The molecule has 1 N–H and O–H groups in total. The summed E-state index contributed by atoms with van der Waals surface area (Å²) in [5, 5.41) is 19.4. The fraction of sp³-hybridized carbons (Fsp3) is 0.400. The van der Waals surface area contributed by atoms with Crippen molar-refractivity contribution in [3.05, 3.63) is 63.7 Å². The van der Waals surface area contributed by atoms with Crippen molar-refractivity contribution >= 4 is 22.8 Å². The predicted octanol–water partition coefficient (Wildman–Crippen LogP) is 3.33. The molecule has 1 saturated heterocycles. The van der Waals surface area contributed by atoms with Gasteiger partial charge in [-0.2, -0.15) is 23.4 Å². The van der Waals surface area contributed by atoms with Crippen molar-refractivity contribution in [1.82, 2.24) is 19.4 Å². The first-order valence-corrected chi connectivity index (χ1v) is 11.7. The number of carboxylic acids is 1. The molecule has 2 aromatic heterocycles. The highest BCUT2D eigenvalue weighted by Crippen LogP contribution is 2.35. The maximum atomic E-state index is 13.0. The summed E-state index contributed by atoms with van der Waals surface area (Å²) in [6.45, 7) is 4.28. The number of pyridine rings is 1. The molecule has 9 nitrogen and oxygen atoms in total. The monoisotopic (exact) mass is 514 g/mol. The Bertz CT molecular complexity index is 1430. The third-order valence-corrected chi connectivity index (χ3v) is 6.80. The molecule has 1 aliphatic rings. The number of halogens is 3. The summed E-state index contributed by atoms with van der Waals surface area (Å²) >= 11 is 0. The molecular formula is C25H25F3N6O3. The van der Waals surface area contributed by atoms with Crippen molar-refractivity contribution in [3.8, 4) is 6.07 Å². The van der Waals surface area contributed by atoms with Gasteiger partial charge in [0.05, 0.1) is 11.1 Å². The van der Waals surface area contributed by atoms with Crippen molar-refractivity contribution in [1.29, 1.82) is 5.26 Å². The lowest BCUT2D eigenvalue weighted by molar-refractivity contribution is -0.145. The molecule has 0 saturated carbocycles. The van der Waals surface area contributed by atoms with Crippen molar-refractivity contribution in [2.45, 2.75) is 44.6 Å². The molecule has 0 aliphatic carbocycles. The molecule has 3 atom stereocenters. The molecule has 37 heavy (non-hydrogen) atoms. The third kappa shape index (κ3) is 4.86. The van der Waals surface area contributed by atoms with E-state index in [1.165, 1.54) is 22.8 Å². The Morgan fingerprint density at radius 3 is 2.43 bits per heavy atom. The Kier molecular flexibility index (Phi) is 6.92. The Hall–Kier alpha value is -3.98. The highest BCUT2D eigenvalue weighted by molar-refractivity contribution is 5.86. The number of carbonyl (C=O) groups is 1. The van der Waals surface area contributed by atoms with Crippen LogP contribution in [-0.4, -0.2) is 55.7 Å². The normalized spacial score (nSPS) is 19.5. The van der Waals surface area contributed by atoms with Gasteiger partial charge in [-0.25, -0.2) is 9.78 Å². The number of nitrogens with zero attached hydrogens (tertiary/aromatic N) is 6. The number of benzene rings is 1. The van der Waals surface area contributed by atoms with Crippen LogP contribution in [0.15, 0.2) is 41.2 Å². The molecule has 3 heterocycles. The summed E-state index contributed by atoms with van der Waals surface area (Å²) < 4.78 is 40.4. The van der Waals surface area contributed by atoms with E-state index in [4.69, 9.17) is 0 Å². The molecule has 0 spiro atoms. The van der Waals surface area contributed by atoms with Crippen LogP contribution in [-0.2, 0) is 18.0 Å². The second kappa shape index (κ2) is 9.82. The minimum Gasteiger partial charge on any atom is -0.480 e. The van der Waals surface area contributed by atoms with Gasteiger partial charge in [0, 0.05) is 32.2 Å². The van der Waals surface area contributed by atoms with Gasteiger partial charge in [-0.3, -0.25) is 14.3 Å². The second-order valence-corrected chi connectivity index (χ2v) is 9.07. The van der Waals surface area contributed by atoms with Crippen LogP contribution in [0.5, 0.6) is 0 Å². The van der Waals surface area contributed by atoms with Crippen LogP contribution < -0.4 is 10.6 Å². The number of fused-ring (bicyclic) bond motifs is 1. The highest BCUT2D eigenvalue weighted by atomic mass is 19.4. The fourth-order valence-corrected chi connectivity index (χ4v) is 4.84. The zero-order valence-electron chi connectivity index (χ0n) is 20.4. The van der Waals surface area contributed by atoms with E-state index in [9.17, 15) is 33.1 Å². The average molecular weight is 515 g/mol. The van der Waals surface area contributed by atoms with E-state index in [1.807, 2.05) is 24.8 Å². The number of carboxylic acid groups (broad SMARTS) is 1. The summed E-state index contributed by atoms with van der Waals surface area (Å²) in [6, 6.07) is 7.53. The van der Waals surface area contributed by atoms with Crippen LogP contribution in [0.2, 0.25) is 0 Å². The van der Waals surface area contributed by atoms with Gasteiger partial charge < -0.3 is 10.0 Å². The number of rotatable bonds is 5. The van der Waals surface area contributed by atoms with Gasteiger partial charge in [0.1, 0.15) is 23.3 Å². The van der Waals surface area contributed by atoms with E-state index in [-0.39, 0.29) is 29.9 Å². The molecular weight excluding hydrogens is 489 g/mol. The summed E-state index contributed by atoms with van der Waals surface area (Å²) in [7, 11) is 1.56. The van der Waals surface area contributed by atoms with Crippen LogP contribution in [0, 0.1) is 11.3 Å². The van der Waals surface area contributed by atoms with Crippen LogP contribution in [0.1, 0.15) is 43.1 Å². The smallest absolute Gasteiger partial charge is 0.416 e. The lowest BCUT2D eigenvalue weighted by Crippen LogP contribution is -2.59.